The average molecular weight is 517 g/mol. The minimum Gasteiger partial charge on any atom is -0.726 e. The van der Waals surface area contributed by atoms with Crippen molar-refractivity contribution in [3.05, 3.63) is 23.3 Å². The van der Waals surface area contributed by atoms with E-state index >= 15 is 0 Å². The summed E-state index contributed by atoms with van der Waals surface area (Å²) in [6, 6.07) is 0. The fraction of sp³-hybridized carbons (Fsp3) is 0.815. The molecule has 1 N–H and O–H groups in total. The Hall–Kier alpha value is -0.0200. The average Bonchev–Trinajstić information content (AvgIpc) is 3.05. The molecule has 2 unspecified atom stereocenters. The third-order valence-electron chi connectivity index (χ3n) is 9.98. The predicted octanol–water partition coefficient (Wildman–Crippen LogP) is 1.95. The maximum atomic E-state index is 12.5. The molecule has 4 rings (SSSR count). The van der Waals surface area contributed by atoms with Crippen LogP contribution in [0.3, 0.4) is 0 Å². The van der Waals surface area contributed by atoms with Crippen LogP contribution in [0, 0.1) is 40.4 Å². The quantitative estimate of drug-likeness (QED) is 0.190. The number of hydrogen-bond donors (Lipinski definition) is 1. The molecule has 6 nitrogen and oxygen atoms in total. The van der Waals surface area contributed by atoms with Gasteiger partial charge >= 0.3 is 29.6 Å². The van der Waals surface area contributed by atoms with E-state index in [2.05, 4.69) is 26.8 Å². The molecule has 3 saturated carbocycles. The van der Waals surface area contributed by atoms with Crippen molar-refractivity contribution in [1.29, 1.82) is 0 Å². The Bertz CT molecular complexity index is 986. The van der Waals surface area contributed by atoms with Crippen molar-refractivity contribution in [2.24, 2.45) is 40.4 Å². The molecule has 4 aliphatic rings. The molecule has 3 fully saturated rings. The number of fused-ring (bicyclic) bond motifs is 5. The Labute approximate surface area is 233 Å². The maximum absolute atomic E-state index is 12.5. The zero-order valence-corrected chi connectivity index (χ0v) is 25.1. The van der Waals surface area contributed by atoms with Gasteiger partial charge in [0, 0.05) is 6.42 Å². The van der Waals surface area contributed by atoms with Crippen LogP contribution in [0.1, 0.15) is 86.0 Å². The smallest absolute Gasteiger partial charge is 0.726 e. The summed E-state index contributed by atoms with van der Waals surface area (Å²) in [5.74, 6) is 1.74. The Kier molecular flexibility index (Phi) is 8.97. The first-order valence-corrected chi connectivity index (χ1v) is 14.3. The van der Waals surface area contributed by atoms with E-state index in [4.69, 9.17) is 4.18 Å². The Balaban J connectivity index is 0.00000342. The minimum atomic E-state index is -4.75. The molecule has 35 heavy (non-hydrogen) atoms. The minimum absolute atomic E-state index is 0. The fourth-order valence-corrected chi connectivity index (χ4v) is 9.11. The van der Waals surface area contributed by atoms with Crippen LogP contribution in [0.4, 0.5) is 0 Å². The third-order valence-corrected chi connectivity index (χ3v) is 10.5. The molecule has 0 amide bonds. The molecule has 0 spiro atoms. The monoisotopic (exact) mass is 516 g/mol. The summed E-state index contributed by atoms with van der Waals surface area (Å²) in [7, 11) is -4.75. The van der Waals surface area contributed by atoms with Gasteiger partial charge in [-0.1, -0.05) is 38.0 Å². The van der Waals surface area contributed by atoms with Crippen LogP contribution in [0.15, 0.2) is 23.3 Å². The van der Waals surface area contributed by atoms with Gasteiger partial charge < -0.3 is 9.66 Å². The molecule has 0 aliphatic heterocycles. The van der Waals surface area contributed by atoms with Crippen molar-refractivity contribution in [1.82, 2.24) is 0 Å². The number of ketones is 1. The largest absolute Gasteiger partial charge is 1.00 e. The summed E-state index contributed by atoms with van der Waals surface area (Å²) in [6.07, 6.45) is 9.15. The van der Waals surface area contributed by atoms with Gasteiger partial charge in [-0.25, -0.2) is 8.42 Å². The number of aliphatic hydroxyl groups is 1. The van der Waals surface area contributed by atoms with Crippen molar-refractivity contribution < 1.29 is 56.6 Å². The van der Waals surface area contributed by atoms with Crippen molar-refractivity contribution in [3.63, 3.8) is 0 Å². The standard InChI is InChI=1S/C27H42O6S.Na/c1-16(2)12-18(28)13-17(3)21-6-7-22-20-15-25(29)24-14-19(33-34(30,31)32)8-10-27(24,5)23(20)9-11-26(21,22)4;/h9,12,17,19-22,24-25,29H,6-8,10-11,13-15H2,1-5H3,(H,30,31,32);/q;+1/p-1/t17-,19+,20?,21?,22+,24-,25+,26-,27-;/m1./s1. The molecule has 0 saturated heterocycles. The topological polar surface area (TPSA) is 104 Å². The van der Waals surface area contributed by atoms with Crippen LogP contribution in [-0.4, -0.2) is 36.1 Å². The predicted molar refractivity (Wildman–Crippen MR) is 129 cm³/mol. The zero-order chi connectivity index (χ0) is 25.1. The SMILES string of the molecule is CC(C)=CC(=O)C[C@@H](C)C1CC[C@H]2C3C[C@H](O)[C@H]4C[C@@H](OS(=O)(=O)[O-])CC[C@]4(C)C3=CC[C@]12C.[Na+]. The van der Waals surface area contributed by atoms with Gasteiger partial charge in [-0.15, -0.1) is 0 Å². The molecule has 0 aromatic carbocycles. The van der Waals surface area contributed by atoms with E-state index < -0.39 is 22.6 Å². The van der Waals surface area contributed by atoms with Gasteiger partial charge in [-0.2, -0.15) is 0 Å². The Morgan fingerprint density at radius 1 is 1.23 bits per heavy atom. The van der Waals surface area contributed by atoms with Crippen molar-refractivity contribution in [2.75, 3.05) is 0 Å². The van der Waals surface area contributed by atoms with Gasteiger partial charge in [0.05, 0.1) is 12.2 Å². The number of carbonyl (C=O) groups is 1. The molecule has 0 bridgehead atoms. The number of carbonyl (C=O) groups excluding carboxylic acids is 1. The van der Waals surface area contributed by atoms with E-state index in [1.54, 1.807) is 6.08 Å². The third kappa shape index (κ3) is 5.71. The van der Waals surface area contributed by atoms with Gasteiger partial charge in [-0.3, -0.25) is 8.98 Å². The molecule has 0 heterocycles. The van der Waals surface area contributed by atoms with Crippen LogP contribution in [0.25, 0.3) is 0 Å². The van der Waals surface area contributed by atoms with Gasteiger partial charge in [0.25, 0.3) is 0 Å². The van der Waals surface area contributed by atoms with Crippen LogP contribution < -0.4 is 29.6 Å². The summed E-state index contributed by atoms with van der Waals surface area (Å²) in [6.45, 7) is 10.8. The van der Waals surface area contributed by atoms with Gasteiger partial charge in [0.2, 0.25) is 10.4 Å². The van der Waals surface area contributed by atoms with Crippen molar-refractivity contribution >= 4 is 16.2 Å². The van der Waals surface area contributed by atoms with E-state index in [-0.39, 0.29) is 52.1 Å². The van der Waals surface area contributed by atoms with Crippen LogP contribution in [-0.2, 0) is 19.4 Å². The van der Waals surface area contributed by atoms with Gasteiger partial charge in [0.15, 0.2) is 5.78 Å². The molecule has 192 valence electrons. The molecular formula is C27H41NaO6S. The number of allylic oxidation sites excluding steroid dienone is 4. The second kappa shape index (κ2) is 10.6. The first-order valence-electron chi connectivity index (χ1n) is 12.9. The van der Waals surface area contributed by atoms with E-state index in [0.29, 0.717) is 49.4 Å². The van der Waals surface area contributed by atoms with Crippen LogP contribution in [0.5, 0.6) is 0 Å². The molecule has 0 aromatic rings. The molecule has 8 heteroatoms. The van der Waals surface area contributed by atoms with Gasteiger partial charge in [-0.05, 0) is 105 Å². The molecule has 0 radical (unpaired) electrons. The summed E-state index contributed by atoms with van der Waals surface area (Å²) in [4.78, 5) is 12.5. The summed E-state index contributed by atoms with van der Waals surface area (Å²) < 4.78 is 38.2. The van der Waals surface area contributed by atoms with E-state index in [9.17, 15) is 22.9 Å². The van der Waals surface area contributed by atoms with E-state index in [1.165, 1.54) is 5.57 Å². The maximum Gasteiger partial charge on any atom is 1.00 e. The second-order valence-corrected chi connectivity index (χ2v) is 13.4. The van der Waals surface area contributed by atoms with E-state index in [0.717, 1.165) is 31.3 Å². The normalized spacial score (nSPS) is 41.4. The second-order valence-electron chi connectivity index (χ2n) is 12.4. The van der Waals surface area contributed by atoms with E-state index in [1.807, 2.05) is 13.8 Å². The molecular weight excluding hydrogens is 475 g/mol. The zero-order valence-electron chi connectivity index (χ0n) is 22.2. The van der Waals surface area contributed by atoms with Crippen LogP contribution in [0.2, 0.25) is 0 Å². The van der Waals surface area contributed by atoms with Crippen molar-refractivity contribution in [3.8, 4) is 0 Å². The number of rotatable bonds is 6. The molecule has 4 aliphatic carbocycles. The number of hydrogen-bond acceptors (Lipinski definition) is 6. The molecule has 0 aromatic heterocycles. The summed E-state index contributed by atoms with van der Waals surface area (Å²) >= 11 is 0. The number of aliphatic hydroxyl groups excluding tert-OH is 1. The summed E-state index contributed by atoms with van der Waals surface area (Å²) in [5, 5.41) is 11.2. The van der Waals surface area contributed by atoms with Gasteiger partial charge in [0.1, 0.15) is 0 Å². The first kappa shape index (κ1) is 29.5. The Morgan fingerprint density at radius 2 is 1.91 bits per heavy atom. The van der Waals surface area contributed by atoms with Crippen molar-refractivity contribution in [2.45, 2.75) is 98.2 Å². The van der Waals surface area contributed by atoms with Crippen LogP contribution >= 0.6 is 0 Å². The fourth-order valence-electron chi connectivity index (χ4n) is 8.60. The first-order chi connectivity index (χ1) is 15.7. The Morgan fingerprint density at radius 3 is 2.54 bits per heavy atom. The molecule has 9 atom stereocenters. The summed E-state index contributed by atoms with van der Waals surface area (Å²) in [5.41, 5.74) is 2.41.